The number of aromatic nitrogens is 1. The van der Waals surface area contributed by atoms with Crippen LogP contribution in [0.4, 0.5) is 17.6 Å². The lowest BCUT2D eigenvalue weighted by Gasteiger charge is -2.41. The van der Waals surface area contributed by atoms with Crippen molar-refractivity contribution in [3.8, 4) is 17.0 Å². The highest BCUT2D eigenvalue weighted by molar-refractivity contribution is 5.98. The number of nitrogens with two attached hydrogens (primary N) is 1. The number of primary amides is 1. The number of alkyl halides is 3. The summed E-state index contributed by atoms with van der Waals surface area (Å²) in [5, 5.41) is 9.84. The number of hydrogen-bond donors (Lipinski definition) is 2. The molecular formula is C28H34F4N4O4. The van der Waals surface area contributed by atoms with Gasteiger partial charge in [0.15, 0.2) is 0 Å². The van der Waals surface area contributed by atoms with Crippen molar-refractivity contribution in [3.63, 3.8) is 0 Å². The molecule has 1 aromatic heterocycles. The summed E-state index contributed by atoms with van der Waals surface area (Å²) < 4.78 is 61.1. The highest BCUT2D eigenvalue weighted by atomic mass is 19.4. The molecule has 2 aliphatic rings. The molecule has 0 radical (unpaired) electrons. The van der Waals surface area contributed by atoms with Crippen LogP contribution in [0, 0.1) is 11.2 Å². The van der Waals surface area contributed by atoms with Crippen LogP contribution in [0.25, 0.3) is 11.3 Å². The lowest BCUT2D eigenvalue weighted by atomic mass is 9.89. The average Bonchev–Trinajstić information content (AvgIpc) is 3.29. The Morgan fingerprint density at radius 1 is 1.18 bits per heavy atom. The van der Waals surface area contributed by atoms with Crippen LogP contribution in [0.2, 0.25) is 0 Å². The number of carbonyl (C=O) groups is 2. The van der Waals surface area contributed by atoms with Gasteiger partial charge in [-0.3, -0.25) is 19.5 Å². The van der Waals surface area contributed by atoms with Gasteiger partial charge in [-0.25, -0.2) is 4.39 Å². The number of aliphatic hydroxyl groups is 1. The molecular weight excluding hydrogens is 532 g/mol. The Morgan fingerprint density at radius 2 is 1.93 bits per heavy atom. The van der Waals surface area contributed by atoms with Crippen LogP contribution in [0.15, 0.2) is 36.5 Å². The van der Waals surface area contributed by atoms with Gasteiger partial charge in [0.2, 0.25) is 5.91 Å². The van der Waals surface area contributed by atoms with Gasteiger partial charge in [-0.2, -0.15) is 13.2 Å². The number of likely N-dealkylation sites (tertiary alicyclic amines) is 2. The van der Waals surface area contributed by atoms with E-state index in [-0.39, 0.29) is 37.7 Å². The van der Waals surface area contributed by atoms with Crippen molar-refractivity contribution in [2.45, 2.75) is 63.9 Å². The quantitative estimate of drug-likeness (QED) is 0.471. The molecule has 2 aliphatic heterocycles. The fourth-order valence-electron chi connectivity index (χ4n) is 5.19. The highest BCUT2D eigenvalue weighted by Crippen LogP contribution is 2.39. The van der Waals surface area contributed by atoms with Crippen molar-refractivity contribution in [2.75, 3.05) is 26.2 Å². The molecule has 3 heterocycles. The standard InChI is InChI=1S/C28H34F4N4O4/c1-27(2,28(30,31)32)16-35-10-4-3-5-18(35)15-40-20-7-9-23(34-13-20)17-6-8-21(22(29)11-17)26(39)36-14-19(37)12-24(36)25(33)38/h6-9,11,13,18-19,24,37H,3-5,10,12,14-16H2,1-2H3,(H2,33,38)/t18?,19-,24+/m1/s1. The second-order valence-corrected chi connectivity index (χ2v) is 11.2. The molecule has 3 atom stereocenters. The average molecular weight is 567 g/mol. The summed E-state index contributed by atoms with van der Waals surface area (Å²) in [7, 11) is 0. The van der Waals surface area contributed by atoms with Crippen LogP contribution < -0.4 is 10.5 Å². The van der Waals surface area contributed by atoms with Gasteiger partial charge in [-0.15, -0.1) is 0 Å². The molecule has 0 bridgehead atoms. The summed E-state index contributed by atoms with van der Waals surface area (Å²) >= 11 is 0. The predicted molar refractivity (Wildman–Crippen MR) is 139 cm³/mol. The number of aliphatic hydroxyl groups excluding tert-OH is 1. The molecule has 40 heavy (non-hydrogen) atoms. The zero-order valence-corrected chi connectivity index (χ0v) is 22.5. The largest absolute Gasteiger partial charge is 0.490 e. The Bertz CT molecular complexity index is 1220. The molecule has 2 fully saturated rings. The van der Waals surface area contributed by atoms with Crippen molar-refractivity contribution in [3.05, 3.63) is 47.9 Å². The molecule has 0 saturated carbocycles. The Kier molecular flexibility index (Phi) is 8.69. The second kappa shape index (κ2) is 11.7. The van der Waals surface area contributed by atoms with E-state index in [2.05, 4.69) is 4.98 Å². The number of rotatable bonds is 8. The number of benzene rings is 1. The zero-order valence-electron chi connectivity index (χ0n) is 22.5. The molecule has 8 nitrogen and oxygen atoms in total. The number of hydrogen-bond acceptors (Lipinski definition) is 6. The van der Waals surface area contributed by atoms with Crippen molar-refractivity contribution in [1.82, 2.24) is 14.8 Å². The third kappa shape index (κ3) is 6.55. The first-order valence-electron chi connectivity index (χ1n) is 13.2. The maximum absolute atomic E-state index is 14.9. The minimum Gasteiger partial charge on any atom is -0.490 e. The van der Waals surface area contributed by atoms with E-state index in [9.17, 15) is 32.3 Å². The smallest absolute Gasteiger partial charge is 0.395 e. The van der Waals surface area contributed by atoms with Crippen LogP contribution in [0.3, 0.4) is 0 Å². The molecule has 4 rings (SSSR count). The van der Waals surface area contributed by atoms with Gasteiger partial charge in [0, 0.05) is 31.1 Å². The number of pyridine rings is 1. The maximum Gasteiger partial charge on any atom is 0.395 e. The van der Waals surface area contributed by atoms with Crippen LogP contribution in [-0.4, -0.2) is 82.3 Å². The van der Waals surface area contributed by atoms with E-state index in [0.717, 1.165) is 30.2 Å². The van der Waals surface area contributed by atoms with Crippen molar-refractivity contribution in [2.24, 2.45) is 11.1 Å². The number of amides is 2. The molecule has 0 spiro atoms. The lowest BCUT2D eigenvalue weighted by Crippen LogP contribution is -2.50. The summed E-state index contributed by atoms with van der Waals surface area (Å²) in [5.41, 5.74) is 4.06. The van der Waals surface area contributed by atoms with Gasteiger partial charge >= 0.3 is 6.18 Å². The summed E-state index contributed by atoms with van der Waals surface area (Å²) in [6.45, 7) is 3.00. The van der Waals surface area contributed by atoms with E-state index in [1.165, 1.54) is 32.2 Å². The van der Waals surface area contributed by atoms with Crippen LogP contribution in [-0.2, 0) is 4.79 Å². The van der Waals surface area contributed by atoms with Crippen LogP contribution in [0.5, 0.6) is 5.75 Å². The SMILES string of the molecule is CC(C)(CN1CCCCC1COc1ccc(-c2ccc(C(=O)N3C[C@H](O)C[C@H]3C(N)=O)c(F)c2)nc1)C(F)(F)F. The van der Waals surface area contributed by atoms with Gasteiger partial charge in [-0.05, 0) is 57.5 Å². The Balaban J connectivity index is 1.40. The van der Waals surface area contributed by atoms with Crippen LogP contribution in [0.1, 0.15) is 49.9 Å². The van der Waals surface area contributed by atoms with E-state index in [1.54, 1.807) is 12.1 Å². The first-order valence-corrected chi connectivity index (χ1v) is 13.2. The molecule has 3 N–H and O–H groups in total. The molecule has 2 saturated heterocycles. The molecule has 1 aromatic carbocycles. The normalized spacial score (nSPS) is 22.4. The molecule has 218 valence electrons. The first-order chi connectivity index (χ1) is 18.8. The number of halogens is 4. The number of carbonyl (C=O) groups excluding carboxylic acids is 2. The van der Waals surface area contributed by atoms with E-state index < -0.39 is 41.4 Å². The molecule has 2 aromatic rings. The first kappa shape index (κ1) is 29.7. The summed E-state index contributed by atoms with van der Waals surface area (Å²) in [5.74, 6) is -1.89. The molecule has 12 heteroatoms. The fraction of sp³-hybridized carbons (Fsp3) is 0.536. The minimum atomic E-state index is -4.30. The van der Waals surface area contributed by atoms with Gasteiger partial charge in [-0.1, -0.05) is 12.5 Å². The third-order valence-electron chi connectivity index (χ3n) is 7.66. The number of piperidine rings is 1. The summed E-state index contributed by atoms with van der Waals surface area (Å²) in [6.07, 6.45) is -1.26. The monoisotopic (exact) mass is 566 g/mol. The van der Waals surface area contributed by atoms with Crippen LogP contribution >= 0.6 is 0 Å². The van der Waals surface area contributed by atoms with Crippen molar-refractivity contribution in [1.29, 1.82) is 0 Å². The van der Waals surface area contributed by atoms with E-state index in [1.807, 2.05) is 4.90 Å². The number of β-amino-alcohol motifs (C(OH)–C–C–N with tert-alkyl or cyclic N) is 1. The van der Waals surface area contributed by atoms with Gasteiger partial charge in [0.25, 0.3) is 5.91 Å². The summed E-state index contributed by atoms with van der Waals surface area (Å²) in [6, 6.07) is 6.08. The number of ether oxygens (including phenoxy) is 1. The predicted octanol–water partition coefficient (Wildman–Crippen LogP) is 3.77. The Hall–Kier alpha value is -3.25. The topological polar surface area (TPSA) is 109 Å². The lowest BCUT2D eigenvalue weighted by molar-refractivity contribution is -0.219. The minimum absolute atomic E-state index is 0.00341. The fourth-order valence-corrected chi connectivity index (χ4v) is 5.19. The van der Waals surface area contributed by atoms with Crippen molar-refractivity contribution >= 4 is 11.8 Å². The molecule has 1 unspecified atom stereocenters. The Morgan fingerprint density at radius 3 is 2.55 bits per heavy atom. The maximum atomic E-state index is 14.9. The number of nitrogens with zero attached hydrogens (tertiary/aromatic N) is 3. The zero-order chi connectivity index (χ0) is 29.2. The van der Waals surface area contributed by atoms with E-state index in [4.69, 9.17) is 10.5 Å². The van der Waals surface area contributed by atoms with E-state index >= 15 is 0 Å². The molecule has 2 amide bonds. The summed E-state index contributed by atoms with van der Waals surface area (Å²) in [4.78, 5) is 31.7. The van der Waals surface area contributed by atoms with Crippen molar-refractivity contribution < 1.29 is 37.0 Å². The third-order valence-corrected chi connectivity index (χ3v) is 7.66. The van der Waals surface area contributed by atoms with E-state index in [0.29, 0.717) is 23.6 Å². The van der Waals surface area contributed by atoms with Gasteiger partial charge in [0.1, 0.15) is 24.2 Å². The Labute approximate surface area is 230 Å². The van der Waals surface area contributed by atoms with Gasteiger partial charge in [0.05, 0.1) is 29.0 Å². The highest BCUT2D eigenvalue weighted by Gasteiger charge is 2.48. The molecule has 0 aliphatic carbocycles. The van der Waals surface area contributed by atoms with Gasteiger partial charge < -0.3 is 20.5 Å². The second-order valence-electron chi connectivity index (χ2n) is 11.2.